The van der Waals surface area contributed by atoms with Crippen molar-refractivity contribution in [3.63, 3.8) is 0 Å². The second-order valence-electron chi connectivity index (χ2n) is 3.48. The first-order valence-electron chi connectivity index (χ1n) is 4.55. The molecule has 0 saturated carbocycles. The maximum Gasteiger partial charge on any atom is 0.0992 e. The molecule has 1 saturated heterocycles. The van der Waals surface area contributed by atoms with E-state index in [9.17, 15) is 0 Å². The summed E-state index contributed by atoms with van der Waals surface area (Å²) in [6.45, 7) is 1.56. The zero-order chi connectivity index (χ0) is 9.54. The first-order chi connectivity index (χ1) is 6.84. The molecule has 1 fully saturated rings. The van der Waals surface area contributed by atoms with Crippen molar-refractivity contribution < 1.29 is 4.74 Å². The molecular weight excluding hydrogens is 244 g/mol. The van der Waals surface area contributed by atoms with Crippen LogP contribution in [-0.4, -0.2) is 23.0 Å². The minimum Gasteiger partial charge on any atom is -0.377 e. The molecule has 3 nitrogen and oxygen atoms in total. The van der Waals surface area contributed by atoms with Gasteiger partial charge in [-0.25, -0.2) is 0 Å². The van der Waals surface area contributed by atoms with Crippen LogP contribution in [0.2, 0.25) is 0 Å². The van der Waals surface area contributed by atoms with Crippen LogP contribution >= 0.6 is 15.9 Å². The molecule has 3 rings (SSSR count). The van der Waals surface area contributed by atoms with Gasteiger partial charge in [0.25, 0.3) is 0 Å². The lowest BCUT2D eigenvalue weighted by molar-refractivity contribution is -0.0266. The van der Waals surface area contributed by atoms with Crippen LogP contribution in [0.3, 0.4) is 0 Å². The summed E-state index contributed by atoms with van der Waals surface area (Å²) in [7, 11) is 0. The Morgan fingerprint density at radius 1 is 1.43 bits per heavy atom. The van der Waals surface area contributed by atoms with E-state index >= 15 is 0 Å². The molecule has 0 N–H and O–H groups in total. The minimum absolute atomic E-state index is 0.418. The van der Waals surface area contributed by atoms with Gasteiger partial charge >= 0.3 is 0 Å². The van der Waals surface area contributed by atoms with Gasteiger partial charge in [0.15, 0.2) is 0 Å². The highest BCUT2D eigenvalue weighted by atomic mass is 79.9. The predicted molar refractivity (Wildman–Crippen MR) is 57.3 cm³/mol. The van der Waals surface area contributed by atoms with E-state index in [1.54, 1.807) is 0 Å². The van der Waals surface area contributed by atoms with Gasteiger partial charge in [-0.2, -0.15) is 5.10 Å². The van der Waals surface area contributed by atoms with Crippen LogP contribution in [0.5, 0.6) is 0 Å². The van der Waals surface area contributed by atoms with Gasteiger partial charge in [0.1, 0.15) is 0 Å². The second kappa shape index (κ2) is 3.07. The van der Waals surface area contributed by atoms with Crippen molar-refractivity contribution >= 4 is 26.8 Å². The number of fused-ring (bicyclic) bond motifs is 1. The van der Waals surface area contributed by atoms with Gasteiger partial charge in [-0.1, -0.05) is 22.0 Å². The van der Waals surface area contributed by atoms with Crippen molar-refractivity contribution in [3.05, 3.63) is 28.9 Å². The van der Waals surface area contributed by atoms with Crippen LogP contribution in [0.15, 0.2) is 28.9 Å². The van der Waals surface area contributed by atoms with E-state index in [2.05, 4.69) is 33.2 Å². The number of halogens is 1. The topological polar surface area (TPSA) is 27.1 Å². The molecule has 1 aromatic carbocycles. The van der Waals surface area contributed by atoms with Crippen LogP contribution < -0.4 is 0 Å². The van der Waals surface area contributed by atoms with E-state index in [1.165, 1.54) is 10.9 Å². The fraction of sp³-hybridized carbons (Fsp3) is 0.300. The van der Waals surface area contributed by atoms with E-state index in [-0.39, 0.29) is 0 Å². The molecule has 1 aliphatic rings. The highest BCUT2D eigenvalue weighted by molar-refractivity contribution is 9.10. The lowest BCUT2D eigenvalue weighted by atomic mass is 10.2. The molecule has 0 atom stereocenters. The lowest BCUT2D eigenvalue weighted by Gasteiger charge is -2.26. The third-order valence-electron chi connectivity index (χ3n) is 2.53. The van der Waals surface area contributed by atoms with E-state index in [4.69, 9.17) is 4.74 Å². The highest BCUT2D eigenvalue weighted by Gasteiger charge is 2.22. The third kappa shape index (κ3) is 1.18. The summed E-state index contributed by atoms with van der Waals surface area (Å²) in [5.74, 6) is 0. The molecular formula is C10H9BrN2O. The Morgan fingerprint density at radius 3 is 3.00 bits per heavy atom. The normalized spacial score (nSPS) is 17.2. The first kappa shape index (κ1) is 8.44. The maximum atomic E-state index is 5.17. The van der Waals surface area contributed by atoms with Crippen molar-refractivity contribution in [1.82, 2.24) is 9.78 Å². The Labute approximate surface area is 89.8 Å². The summed E-state index contributed by atoms with van der Waals surface area (Å²) in [4.78, 5) is 0. The Morgan fingerprint density at radius 2 is 2.29 bits per heavy atom. The Balaban J connectivity index is 2.18. The molecule has 0 spiro atoms. The second-order valence-corrected chi connectivity index (χ2v) is 4.40. The maximum absolute atomic E-state index is 5.17. The number of benzene rings is 1. The van der Waals surface area contributed by atoms with Crippen molar-refractivity contribution in [2.45, 2.75) is 6.04 Å². The predicted octanol–water partition coefficient (Wildman–Crippen LogP) is 2.37. The van der Waals surface area contributed by atoms with E-state index in [0.29, 0.717) is 6.04 Å². The molecule has 2 aromatic rings. The van der Waals surface area contributed by atoms with Gasteiger partial charge in [-0.3, -0.25) is 4.68 Å². The van der Waals surface area contributed by atoms with E-state index in [0.717, 1.165) is 17.7 Å². The molecule has 1 aromatic heterocycles. The van der Waals surface area contributed by atoms with Gasteiger partial charge in [0.05, 0.1) is 31.0 Å². The van der Waals surface area contributed by atoms with Crippen LogP contribution in [-0.2, 0) is 4.74 Å². The molecule has 0 bridgehead atoms. The summed E-state index contributed by atoms with van der Waals surface area (Å²) in [6, 6.07) is 6.62. The van der Waals surface area contributed by atoms with Crippen molar-refractivity contribution in [3.8, 4) is 0 Å². The fourth-order valence-corrected chi connectivity index (χ4v) is 2.02. The van der Waals surface area contributed by atoms with Gasteiger partial charge in [0.2, 0.25) is 0 Å². The number of ether oxygens (including phenoxy) is 1. The summed E-state index contributed by atoms with van der Waals surface area (Å²) in [6.07, 6.45) is 1.90. The fourth-order valence-electron chi connectivity index (χ4n) is 1.67. The number of hydrogen-bond donors (Lipinski definition) is 0. The Bertz CT molecular complexity index is 476. The summed E-state index contributed by atoms with van der Waals surface area (Å²) in [5.41, 5.74) is 1.17. The Kier molecular flexibility index (Phi) is 1.85. The molecule has 14 heavy (non-hydrogen) atoms. The SMILES string of the molecule is Brc1ccc2cnn(C3COC3)c2c1. The van der Waals surface area contributed by atoms with Gasteiger partial charge in [-0.05, 0) is 12.1 Å². The van der Waals surface area contributed by atoms with Crippen molar-refractivity contribution in [2.75, 3.05) is 13.2 Å². The van der Waals surface area contributed by atoms with Crippen molar-refractivity contribution in [2.24, 2.45) is 0 Å². The monoisotopic (exact) mass is 252 g/mol. The van der Waals surface area contributed by atoms with Gasteiger partial charge < -0.3 is 4.74 Å². The average Bonchev–Trinajstić information content (AvgIpc) is 2.46. The number of nitrogens with zero attached hydrogens (tertiary/aromatic N) is 2. The standard InChI is InChI=1S/C10H9BrN2O/c11-8-2-1-7-4-12-13(10(7)3-8)9-5-14-6-9/h1-4,9H,5-6H2. The van der Waals surface area contributed by atoms with Crippen LogP contribution in [0.4, 0.5) is 0 Å². The molecule has 0 radical (unpaired) electrons. The van der Waals surface area contributed by atoms with Gasteiger partial charge in [0, 0.05) is 9.86 Å². The molecule has 72 valence electrons. The van der Waals surface area contributed by atoms with Crippen LogP contribution in [0.1, 0.15) is 6.04 Å². The average molecular weight is 253 g/mol. The van der Waals surface area contributed by atoms with Gasteiger partial charge in [-0.15, -0.1) is 0 Å². The molecule has 0 aliphatic carbocycles. The third-order valence-corrected chi connectivity index (χ3v) is 3.02. The number of hydrogen-bond acceptors (Lipinski definition) is 2. The number of rotatable bonds is 1. The Hall–Kier alpha value is -0.870. The quantitative estimate of drug-likeness (QED) is 0.780. The largest absolute Gasteiger partial charge is 0.377 e. The lowest BCUT2D eigenvalue weighted by Crippen LogP contribution is -2.31. The van der Waals surface area contributed by atoms with E-state index in [1.807, 2.05) is 16.9 Å². The smallest absolute Gasteiger partial charge is 0.0992 e. The first-order valence-corrected chi connectivity index (χ1v) is 5.34. The summed E-state index contributed by atoms with van der Waals surface area (Å²) >= 11 is 3.47. The summed E-state index contributed by atoms with van der Waals surface area (Å²) in [5, 5.41) is 5.55. The molecule has 0 unspecified atom stereocenters. The molecule has 4 heteroatoms. The highest BCUT2D eigenvalue weighted by Crippen LogP contribution is 2.25. The minimum atomic E-state index is 0.418. The molecule has 1 aliphatic heterocycles. The zero-order valence-corrected chi connectivity index (χ0v) is 9.07. The molecule has 2 heterocycles. The summed E-state index contributed by atoms with van der Waals surface area (Å²) < 4.78 is 8.30. The molecule has 0 amide bonds. The van der Waals surface area contributed by atoms with Crippen LogP contribution in [0, 0.1) is 0 Å². The van der Waals surface area contributed by atoms with E-state index < -0.39 is 0 Å². The van der Waals surface area contributed by atoms with Crippen molar-refractivity contribution in [1.29, 1.82) is 0 Å². The number of aromatic nitrogens is 2. The van der Waals surface area contributed by atoms with Crippen LogP contribution in [0.25, 0.3) is 10.9 Å². The zero-order valence-electron chi connectivity index (χ0n) is 7.48.